The predicted octanol–water partition coefficient (Wildman–Crippen LogP) is 8.03. The molecular weight excluding hydrogens is 955 g/mol. The number of hydroxylamine groups is 1. The number of benzene rings is 2. The summed E-state index contributed by atoms with van der Waals surface area (Å²) in [6.45, 7) is 2.04. The van der Waals surface area contributed by atoms with Gasteiger partial charge in [0.2, 0.25) is 5.95 Å². The second-order valence-electron chi connectivity index (χ2n) is 17.6. The summed E-state index contributed by atoms with van der Waals surface area (Å²) in [7, 11) is 0. The molecule has 2 aromatic carbocycles. The molecule has 0 saturated carbocycles. The highest BCUT2D eigenvalue weighted by Crippen LogP contribution is 2.43. The van der Waals surface area contributed by atoms with Crippen molar-refractivity contribution in [3.63, 3.8) is 0 Å². The van der Waals surface area contributed by atoms with Crippen LogP contribution < -0.4 is 10.1 Å². The van der Waals surface area contributed by atoms with Gasteiger partial charge in [0.15, 0.2) is 5.82 Å². The summed E-state index contributed by atoms with van der Waals surface area (Å²) in [5, 5.41) is 36.5. The number of para-hydroxylation sites is 1. The van der Waals surface area contributed by atoms with Crippen molar-refractivity contribution in [3.8, 4) is 74.1 Å². The standard InChI is InChI=1S/C52H39N19O2S/c1-3-10-34-31(7-1)16-25-70(69-24-6-9-32-8-2-4-12-41(32)69)49(34)48-46(54-21-22-55-48)39-14-18-56-50(60-39)36-13-19-59-63-42(36)35-11-5-17-53-44(35)47-45(64-67-65-47)37-30-74-66-43(37)40-29-72-52(61-40)68-26-23-57-51(68)71-27-33(28-73-71)38-15-20-58-62-38/h1-5,7-8,10-15,17-23,26-27,29-30,49H,6,9,16,24-25,28H2,(H,58,62)(H,64,65,67). The zero-order valence-electron chi connectivity index (χ0n) is 39.0. The number of rotatable bonds is 11. The van der Waals surface area contributed by atoms with E-state index in [0.29, 0.717) is 80.6 Å². The van der Waals surface area contributed by atoms with Gasteiger partial charge in [-0.3, -0.25) is 30.0 Å². The molecule has 0 radical (unpaired) electrons. The van der Waals surface area contributed by atoms with E-state index in [1.54, 1.807) is 65.5 Å². The molecule has 0 fully saturated rings. The smallest absolute Gasteiger partial charge is 0.309 e. The molecule has 0 spiro atoms. The summed E-state index contributed by atoms with van der Waals surface area (Å²) in [6.07, 6.45) is 20.1. The Bertz CT molecular complexity index is 3880. The lowest BCUT2D eigenvalue weighted by atomic mass is 9.90. The van der Waals surface area contributed by atoms with Crippen LogP contribution in [0.25, 0.3) is 79.7 Å². The van der Waals surface area contributed by atoms with Gasteiger partial charge in [-0.25, -0.2) is 24.5 Å². The average molecular weight is 994 g/mol. The van der Waals surface area contributed by atoms with E-state index in [2.05, 4.69) is 94.2 Å². The van der Waals surface area contributed by atoms with Crippen LogP contribution in [0, 0.1) is 0 Å². The van der Waals surface area contributed by atoms with Crippen molar-refractivity contribution >= 4 is 28.7 Å². The highest BCUT2D eigenvalue weighted by molar-refractivity contribution is 7.04. The van der Waals surface area contributed by atoms with Crippen LogP contribution in [0.1, 0.15) is 40.5 Å². The third-order valence-corrected chi connectivity index (χ3v) is 14.0. The summed E-state index contributed by atoms with van der Waals surface area (Å²) in [5.41, 5.74) is 13.8. The van der Waals surface area contributed by atoms with Gasteiger partial charge in [-0.15, -0.1) is 10.2 Å². The molecule has 0 saturated heterocycles. The molecule has 2 N–H and O–H groups in total. The molecule has 0 aliphatic carbocycles. The Labute approximate surface area is 424 Å². The van der Waals surface area contributed by atoms with Gasteiger partial charge >= 0.3 is 6.01 Å². The normalized spacial score (nSPS) is 15.6. The SMILES string of the molecule is C1=C(c2cc[nH]n2)CON1c1nccn1-c1nc(-c2nscc2-c2nn[nH]c2-c2ncccc2-c2nnccc2-c2nccc(-c3nccnc3C3c4ccccc4CCN3N3CCCc4ccccc43)n2)co1. The van der Waals surface area contributed by atoms with Gasteiger partial charge < -0.3 is 9.43 Å². The van der Waals surface area contributed by atoms with Gasteiger partial charge in [-0.05, 0) is 83.9 Å². The van der Waals surface area contributed by atoms with Crippen molar-refractivity contribution in [2.45, 2.75) is 25.3 Å². The van der Waals surface area contributed by atoms with Gasteiger partial charge in [-0.2, -0.15) is 24.6 Å². The number of fused-ring (bicyclic) bond motifs is 2. The maximum absolute atomic E-state index is 6.04. The van der Waals surface area contributed by atoms with Gasteiger partial charge in [0, 0.05) is 90.3 Å². The first-order chi connectivity index (χ1) is 36.7. The Morgan fingerprint density at radius 3 is 2.55 bits per heavy atom. The topological polar surface area (TPSA) is 236 Å². The molecule has 22 heteroatoms. The molecule has 1 atom stereocenters. The number of hydrogen-bond donors (Lipinski definition) is 2. The van der Waals surface area contributed by atoms with Crippen LogP contribution in [0.2, 0.25) is 0 Å². The van der Waals surface area contributed by atoms with Crippen LogP contribution in [0.3, 0.4) is 0 Å². The van der Waals surface area contributed by atoms with Gasteiger partial charge in [0.25, 0.3) is 0 Å². The highest BCUT2D eigenvalue weighted by atomic mass is 32.1. The minimum absolute atomic E-state index is 0.230. The maximum atomic E-state index is 6.04. The summed E-state index contributed by atoms with van der Waals surface area (Å²) < 4.78 is 12.5. The molecule has 3 aliphatic heterocycles. The Morgan fingerprint density at radius 1 is 0.676 bits per heavy atom. The number of H-pyrrole nitrogens is 2. The molecule has 21 nitrogen and oxygen atoms in total. The molecule has 9 aromatic heterocycles. The quantitative estimate of drug-likeness (QED) is 0.125. The third kappa shape index (κ3) is 7.50. The molecule has 360 valence electrons. The van der Waals surface area contributed by atoms with E-state index in [-0.39, 0.29) is 12.1 Å². The minimum Gasteiger partial charge on any atom is -0.431 e. The lowest BCUT2D eigenvalue weighted by molar-refractivity contribution is 0.177. The van der Waals surface area contributed by atoms with Crippen LogP contribution >= 0.6 is 11.5 Å². The summed E-state index contributed by atoms with van der Waals surface area (Å²) in [4.78, 5) is 40.4. The van der Waals surface area contributed by atoms with Gasteiger partial charge in [-0.1, -0.05) is 47.7 Å². The number of imidazole rings is 1. The van der Waals surface area contributed by atoms with E-state index in [9.17, 15) is 0 Å². The molecule has 3 aliphatic rings. The summed E-state index contributed by atoms with van der Waals surface area (Å²) >= 11 is 1.25. The highest BCUT2D eigenvalue weighted by Gasteiger charge is 2.37. The zero-order valence-corrected chi connectivity index (χ0v) is 39.8. The Morgan fingerprint density at radius 2 is 1.59 bits per heavy atom. The van der Waals surface area contributed by atoms with E-state index >= 15 is 0 Å². The van der Waals surface area contributed by atoms with Crippen molar-refractivity contribution in [1.29, 1.82) is 0 Å². The molecule has 12 heterocycles. The van der Waals surface area contributed by atoms with E-state index in [1.165, 1.54) is 33.9 Å². The molecule has 14 rings (SSSR count). The van der Waals surface area contributed by atoms with Crippen molar-refractivity contribution in [2.75, 3.05) is 29.8 Å². The Hall–Kier alpha value is -9.51. The molecule has 0 amide bonds. The van der Waals surface area contributed by atoms with Gasteiger partial charge in [0.1, 0.15) is 47.0 Å². The number of hydrogen-bond acceptors (Lipinski definition) is 19. The Kier molecular flexibility index (Phi) is 10.7. The Balaban J connectivity index is 0.797. The molecule has 0 bridgehead atoms. The number of nitrogens with one attached hydrogen (secondary N) is 2. The fourth-order valence-corrected chi connectivity index (χ4v) is 10.7. The van der Waals surface area contributed by atoms with Crippen LogP contribution in [-0.4, -0.2) is 104 Å². The van der Waals surface area contributed by atoms with Crippen molar-refractivity contribution < 1.29 is 9.25 Å². The average Bonchev–Trinajstić information content (AvgIpc) is 4.33. The first kappa shape index (κ1) is 43.3. The summed E-state index contributed by atoms with van der Waals surface area (Å²) in [5.74, 6) is 0.866. The van der Waals surface area contributed by atoms with E-state index in [4.69, 9.17) is 48.6 Å². The summed E-state index contributed by atoms with van der Waals surface area (Å²) in [6, 6.07) is 26.8. The second kappa shape index (κ2) is 18.3. The number of aryl methyl sites for hydroxylation is 1. The second-order valence-corrected chi connectivity index (χ2v) is 18.2. The van der Waals surface area contributed by atoms with Crippen molar-refractivity contribution in [1.82, 2.24) is 84.6 Å². The number of anilines is 2. The third-order valence-electron chi connectivity index (χ3n) is 13.4. The van der Waals surface area contributed by atoms with E-state index < -0.39 is 0 Å². The first-order valence-corrected chi connectivity index (χ1v) is 24.7. The van der Waals surface area contributed by atoms with Crippen LogP contribution in [0.15, 0.2) is 151 Å². The number of pyridine rings is 1. The van der Waals surface area contributed by atoms with Crippen LogP contribution in [-0.2, 0) is 17.7 Å². The molecule has 74 heavy (non-hydrogen) atoms. The van der Waals surface area contributed by atoms with Crippen LogP contribution in [0.4, 0.5) is 11.6 Å². The number of aromatic amines is 2. The number of nitrogens with zero attached hydrogens (tertiary/aromatic N) is 17. The van der Waals surface area contributed by atoms with Crippen LogP contribution in [0.5, 0.6) is 0 Å². The van der Waals surface area contributed by atoms with Gasteiger partial charge in [0.05, 0.1) is 40.7 Å². The predicted molar refractivity (Wildman–Crippen MR) is 272 cm³/mol. The largest absolute Gasteiger partial charge is 0.431 e. The fraction of sp³-hybridized carbons (Fsp3) is 0.135. The van der Waals surface area contributed by atoms with Crippen molar-refractivity contribution in [3.05, 3.63) is 174 Å². The maximum Gasteiger partial charge on any atom is 0.309 e. The van der Waals surface area contributed by atoms with Crippen molar-refractivity contribution in [2.24, 2.45) is 0 Å². The van der Waals surface area contributed by atoms with E-state index in [0.717, 1.165) is 49.3 Å². The molecular formula is C52H39N19O2S. The van der Waals surface area contributed by atoms with E-state index in [1.807, 2.05) is 41.9 Å². The monoisotopic (exact) mass is 993 g/mol. The number of hydrazine groups is 1. The molecule has 1 unspecified atom stereocenters. The molecule has 11 aromatic rings. The fourth-order valence-electron chi connectivity index (χ4n) is 10.1. The lowest BCUT2D eigenvalue weighted by Gasteiger charge is -2.47. The lowest BCUT2D eigenvalue weighted by Crippen LogP contribution is -2.51. The first-order valence-electron chi connectivity index (χ1n) is 23.8. The number of oxazole rings is 1. The minimum atomic E-state index is -0.230. The zero-order chi connectivity index (χ0) is 49.0. The number of aromatic nitrogens is 16.